The van der Waals surface area contributed by atoms with Crippen LogP contribution in [0.5, 0.6) is 0 Å². The van der Waals surface area contributed by atoms with Crippen molar-refractivity contribution in [2.45, 2.75) is 25.1 Å². The molecule has 0 atom stereocenters. The number of nitrogens with zero attached hydrogens (tertiary/aromatic N) is 4. The van der Waals surface area contributed by atoms with Gasteiger partial charge in [0.15, 0.2) is 0 Å². The van der Waals surface area contributed by atoms with E-state index < -0.39 is 11.7 Å². The molecule has 1 fully saturated rings. The number of rotatable bonds is 4. The van der Waals surface area contributed by atoms with Crippen molar-refractivity contribution in [3.8, 4) is 0 Å². The van der Waals surface area contributed by atoms with Crippen molar-refractivity contribution in [3.05, 3.63) is 66.2 Å². The normalized spacial score (nSPS) is 15.8. The Kier molecular flexibility index (Phi) is 5.49. The van der Waals surface area contributed by atoms with Gasteiger partial charge in [0.2, 0.25) is 5.91 Å². The maximum atomic E-state index is 12.9. The molecule has 4 aromatic rings. The van der Waals surface area contributed by atoms with Crippen LogP contribution in [-0.2, 0) is 11.0 Å². The lowest BCUT2D eigenvalue weighted by Crippen LogP contribution is -2.39. The third kappa shape index (κ3) is 4.41. The fourth-order valence-electron chi connectivity index (χ4n) is 4.44. The first-order valence-corrected chi connectivity index (χ1v) is 10.8. The van der Waals surface area contributed by atoms with Gasteiger partial charge in [-0.1, -0.05) is 41.6 Å². The van der Waals surface area contributed by atoms with Gasteiger partial charge in [0.1, 0.15) is 5.52 Å². The summed E-state index contributed by atoms with van der Waals surface area (Å²) in [5.74, 6) is -0.0734. The fraction of sp³-hybridized carbons (Fsp3) is 0.292. The average molecular weight is 453 g/mol. The Balaban J connectivity index is 1.21. The van der Waals surface area contributed by atoms with Crippen LogP contribution in [0.1, 0.15) is 24.4 Å². The molecule has 6 nitrogen and oxygen atoms in total. The highest BCUT2D eigenvalue weighted by Gasteiger charge is 2.31. The van der Waals surface area contributed by atoms with Gasteiger partial charge >= 0.3 is 6.18 Å². The minimum Gasteiger partial charge on any atom is -0.324 e. The van der Waals surface area contributed by atoms with Gasteiger partial charge in [0, 0.05) is 24.2 Å². The molecule has 9 heteroatoms. The van der Waals surface area contributed by atoms with Gasteiger partial charge in [-0.15, -0.1) is 5.10 Å². The van der Waals surface area contributed by atoms with Gasteiger partial charge in [-0.3, -0.25) is 9.69 Å². The topological polar surface area (TPSA) is 63.1 Å². The highest BCUT2D eigenvalue weighted by atomic mass is 19.4. The first kappa shape index (κ1) is 21.4. The van der Waals surface area contributed by atoms with E-state index in [1.54, 1.807) is 4.68 Å². The minimum atomic E-state index is -4.41. The highest BCUT2D eigenvalue weighted by Crippen LogP contribution is 2.32. The van der Waals surface area contributed by atoms with E-state index in [1.807, 2.05) is 42.5 Å². The van der Waals surface area contributed by atoms with Gasteiger partial charge in [-0.05, 0) is 42.5 Å². The van der Waals surface area contributed by atoms with Crippen LogP contribution in [0.4, 0.5) is 18.9 Å². The standard InChI is InChI=1S/C24H22F3N5O/c25-24(26,27)17-8-9-22-21(14-17)29-30-32(22)18-10-12-31(13-11-18)15-23(33)28-20-7-3-5-16-4-1-2-6-19(16)20/h1-9,14,18H,10-13,15H2,(H,28,33). The summed E-state index contributed by atoms with van der Waals surface area (Å²) in [4.78, 5) is 14.7. The number of aromatic nitrogens is 3. The zero-order chi connectivity index (χ0) is 23.0. The second-order valence-electron chi connectivity index (χ2n) is 8.32. The second-order valence-corrected chi connectivity index (χ2v) is 8.32. The lowest BCUT2D eigenvalue weighted by Gasteiger charge is -2.31. The molecule has 1 aliphatic rings. The molecule has 0 unspecified atom stereocenters. The number of fused-ring (bicyclic) bond motifs is 2. The summed E-state index contributed by atoms with van der Waals surface area (Å²) in [7, 11) is 0. The Morgan fingerprint density at radius 2 is 1.79 bits per heavy atom. The monoisotopic (exact) mass is 453 g/mol. The number of anilines is 1. The Bertz CT molecular complexity index is 1300. The SMILES string of the molecule is O=C(CN1CCC(n2nnc3cc(C(F)(F)F)ccc32)CC1)Nc1cccc2ccccc12. The molecule has 0 aliphatic carbocycles. The molecule has 0 saturated carbocycles. The van der Waals surface area contributed by atoms with Crippen molar-refractivity contribution in [2.24, 2.45) is 0 Å². The molecular formula is C24H22F3N5O. The number of alkyl halides is 3. The van der Waals surface area contributed by atoms with E-state index in [-0.39, 0.29) is 24.0 Å². The van der Waals surface area contributed by atoms with E-state index in [9.17, 15) is 18.0 Å². The lowest BCUT2D eigenvalue weighted by molar-refractivity contribution is -0.137. The molecule has 1 saturated heterocycles. The van der Waals surface area contributed by atoms with Crippen LogP contribution in [-0.4, -0.2) is 45.4 Å². The molecule has 1 aromatic heterocycles. The average Bonchev–Trinajstić information content (AvgIpc) is 3.23. The minimum absolute atomic E-state index is 0.0316. The number of halogens is 3. The van der Waals surface area contributed by atoms with E-state index in [0.29, 0.717) is 18.6 Å². The first-order valence-electron chi connectivity index (χ1n) is 10.8. The number of nitrogens with one attached hydrogen (secondary N) is 1. The van der Waals surface area contributed by atoms with Crippen LogP contribution < -0.4 is 5.32 Å². The predicted octanol–water partition coefficient (Wildman–Crippen LogP) is 4.88. The molecular weight excluding hydrogens is 431 g/mol. The van der Waals surface area contributed by atoms with Crippen molar-refractivity contribution in [1.29, 1.82) is 0 Å². The van der Waals surface area contributed by atoms with Crippen molar-refractivity contribution >= 4 is 33.4 Å². The maximum Gasteiger partial charge on any atom is 0.416 e. The van der Waals surface area contributed by atoms with Crippen LogP contribution in [0.15, 0.2) is 60.7 Å². The van der Waals surface area contributed by atoms with E-state index in [4.69, 9.17) is 0 Å². The van der Waals surface area contributed by atoms with Crippen molar-refractivity contribution in [3.63, 3.8) is 0 Å². The van der Waals surface area contributed by atoms with E-state index >= 15 is 0 Å². The van der Waals surface area contributed by atoms with Gasteiger partial charge < -0.3 is 5.32 Å². The smallest absolute Gasteiger partial charge is 0.324 e. The summed E-state index contributed by atoms with van der Waals surface area (Å²) >= 11 is 0. The number of likely N-dealkylation sites (tertiary alicyclic amines) is 1. The Labute approximate surface area is 188 Å². The zero-order valence-electron chi connectivity index (χ0n) is 17.7. The first-order chi connectivity index (χ1) is 15.9. The zero-order valence-corrected chi connectivity index (χ0v) is 17.7. The number of carbonyl (C=O) groups is 1. The van der Waals surface area contributed by atoms with Crippen LogP contribution in [0.25, 0.3) is 21.8 Å². The van der Waals surface area contributed by atoms with E-state index in [1.165, 1.54) is 6.07 Å². The lowest BCUT2D eigenvalue weighted by atomic mass is 10.0. The second kappa shape index (κ2) is 8.47. The van der Waals surface area contributed by atoms with E-state index in [0.717, 1.165) is 41.4 Å². The molecule has 1 N–H and O–H groups in total. The molecule has 0 radical (unpaired) electrons. The van der Waals surface area contributed by atoms with Crippen LogP contribution in [0.3, 0.4) is 0 Å². The summed E-state index contributed by atoms with van der Waals surface area (Å²) in [5, 5.41) is 13.1. The molecule has 5 rings (SSSR count). The quantitative estimate of drug-likeness (QED) is 0.479. The molecule has 2 heterocycles. The van der Waals surface area contributed by atoms with Gasteiger partial charge in [-0.2, -0.15) is 13.2 Å². The molecule has 33 heavy (non-hydrogen) atoms. The largest absolute Gasteiger partial charge is 0.416 e. The Hall–Kier alpha value is -3.46. The summed E-state index contributed by atoms with van der Waals surface area (Å²) in [6.07, 6.45) is -2.93. The number of piperidine rings is 1. The fourth-order valence-corrected chi connectivity index (χ4v) is 4.44. The molecule has 1 amide bonds. The number of hydrogen-bond acceptors (Lipinski definition) is 4. The summed E-state index contributed by atoms with van der Waals surface area (Å²) < 4.78 is 40.5. The molecule has 3 aromatic carbocycles. The third-order valence-electron chi connectivity index (χ3n) is 6.13. The van der Waals surface area contributed by atoms with Crippen molar-refractivity contribution < 1.29 is 18.0 Å². The Morgan fingerprint density at radius 3 is 2.58 bits per heavy atom. The van der Waals surface area contributed by atoms with Gasteiger partial charge in [0.25, 0.3) is 0 Å². The summed E-state index contributed by atoms with van der Waals surface area (Å²) in [5.41, 5.74) is 0.895. The number of hydrogen-bond donors (Lipinski definition) is 1. The van der Waals surface area contributed by atoms with Crippen LogP contribution >= 0.6 is 0 Å². The van der Waals surface area contributed by atoms with Gasteiger partial charge in [0.05, 0.1) is 23.7 Å². The number of benzene rings is 3. The number of amides is 1. The molecule has 0 spiro atoms. The summed E-state index contributed by atoms with van der Waals surface area (Å²) in [6, 6.07) is 17.3. The maximum absolute atomic E-state index is 12.9. The molecule has 1 aliphatic heterocycles. The predicted molar refractivity (Wildman–Crippen MR) is 120 cm³/mol. The third-order valence-corrected chi connectivity index (χ3v) is 6.13. The molecule has 170 valence electrons. The summed E-state index contributed by atoms with van der Waals surface area (Å²) in [6.45, 7) is 1.66. The van der Waals surface area contributed by atoms with Crippen LogP contribution in [0, 0.1) is 0 Å². The Morgan fingerprint density at radius 1 is 1.03 bits per heavy atom. The van der Waals surface area contributed by atoms with Gasteiger partial charge in [-0.25, -0.2) is 4.68 Å². The highest BCUT2D eigenvalue weighted by molar-refractivity contribution is 6.02. The molecule has 0 bridgehead atoms. The van der Waals surface area contributed by atoms with Crippen molar-refractivity contribution in [2.75, 3.05) is 25.0 Å². The van der Waals surface area contributed by atoms with E-state index in [2.05, 4.69) is 20.5 Å². The van der Waals surface area contributed by atoms with Crippen molar-refractivity contribution in [1.82, 2.24) is 19.9 Å². The van der Waals surface area contributed by atoms with Crippen LogP contribution in [0.2, 0.25) is 0 Å². The number of carbonyl (C=O) groups excluding carboxylic acids is 1.